The number of ether oxygens (including phenoxy) is 1. The normalized spacial score (nSPS) is 23.2. The molecule has 2 aromatic carbocycles. The first kappa shape index (κ1) is 18.9. The SMILES string of the molecule is COc1cccc(-c2noc(C3CCCN(C(=O)C4CC4c4ccccc4)C3)n2)c1. The molecule has 3 unspecified atom stereocenters. The summed E-state index contributed by atoms with van der Waals surface area (Å²) in [6.45, 7) is 1.46. The Morgan fingerprint density at radius 1 is 1.17 bits per heavy atom. The second-order valence-electron chi connectivity index (χ2n) is 8.17. The summed E-state index contributed by atoms with van der Waals surface area (Å²) in [6.07, 6.45) is 2.86. The van der Waals surface area contributed by atoms with Crippen LogP contribution in [0.5, 0.6) is 5.75 Å². The predicted octanol–water partition coefficient (Wildman–Crippen LogP) is 4.25. The van der Waals surface area contributed by atoms with Crippen molar-refractivity contribution in [3.63, 3.8) is 0 Å². The fraction of sp³-hybridized carbons (Fsp3) is 0.375. The van der Waals surface area contributed by atoms with Gasteiger partial charge in [-0.1, -0.05) is 47.6 Å². The molecule has 1 aliphatic carbocycles. The van der Waals surface area contributed by atoms with E-state index in [9.17, 15) is 4.79 Å². The van der Waals surface area contributed by atoms with E-state index in [-0.39, 0.29) is 17.7 Å². The van der Waals surface area contributed by atoms with Gasteiger partial charge >= 0.3 is 0 Å². The number of carbonyl (C=O) groups is 1. The lowest BCUT2D eigenvalue weighted by molar-refractivity contribution is -0.134. The second-order valence-corrected chi connectivity index (χ2v) is 8.17. The number of benzene rings is 2. The number of methoxy groups -OCH3 is 1. The zero-order valence-corrected chi connectivity index (χ0v) is 17.0. The number of nitrogens with zero attached hydrogens (tertiary/aromatic N) is 3. The van der Waals surface area contributed by atoms with Crippen molar-refractivity contribution in [2.45, 2.75) is 31.1 Å². The molecule has 1 aliphatic heterocycles. The molecule has 5 rings (SSSR count). The van der Waals surface area contributed by atoms with Crippen molar-refractivity contribution in [3.8, 4) is 17.1 Å². The minimum Gasteiger partial charge on any atom is -0.497 e. The van der Waals surface area contributed by atoms with Crippen molar-refractivity contribution in [1.29, 1.82) is 0 Å². The molecule has 30 heavy (non-hydrogen) atoms. The predicted molar refractivity (Wildman–Crippen MR) is 112 cm³/mol. The molecule has 2 heterocycles. The monoisotopic (exact) mass is 403 g/mol. The molecule has 3 aromatic rings. The van der Waals surface area contributed by atoms with Gasteiger partial charge in [-0.25, -0.2) is 0 Å². The van der Waals surface area contributed by atoms with E-state index < -0.39 is 0 Å². The average molecular weight is 403 g/mol. The topological polar surface area (TPSA) is 68.5 Å². The highest BCUT2D eigenvalue weighted by Crippen LogP contribution is 2.48. The van der Waals surface area contributed by atoms with Gasteiger partial charge < -0.3 is 14.2 Å². The van der Waals surface area contributed by atoms with Crippen LogP contribution in [-0.2, 0) is 4.79 Å². The van der Waals surface area contributed by atoms with E-state index in [0.717, 1.165) is 37.1 Å². The zero-order valence-electron chi connectivity index (χ0n) is 17.0. The summed E-state index contributed by atoms with van der Waals surface area (Å²) in [4.78, 5) is 19.7. The third-order valence-electron chi connectivity index (χ3n) is 6.19. The Balaban J connectivity index is 1.26. The average Bonchev–Trinajstić information content (AvgIpc) is 3.46. The van der Waals surface area contributed by atoms with Crippen molar-refractivity contribution in [3.05, 3.63) is 66.1 Å². The molecule has 2 aliphatic rings. The summed E-state index contributed by atoms with van der Waals surface area (Å²) in [5.41, 5.74) is 2.13. The van der Waals surface area contributed by atoms with Crippen LogP contribution in [-0.4, -0.2) is 41.1 Å². The molecular weight excluding hydrogens is 378 g/mol. The maximum Gasteiger partial charge on any atom is 0.231 e. The minimum absolute atomic E-state index is 0.0866. The first-order chi connectivity index (χ1) is 14.7. The van der Waals surface area contributed by atoms with Gasteiger partial charge in [-0.2, -0.15) is 4.98 Å². The molecule has 0 radical (unpaired) electrons. The summed E-state index contributed by atoms with van der Waals surface area (Å²) in [7, 11) is 1.64. The molecule has 6 nitrogen and oxygen atoms in total. The van der Waals surface area contributed by atoms with Crippen LogP contribution in [0.2, 0.25) is 0 Å². The largest absolute Gasteiger partial charge is 0.497 e. The third-order valence-corrected chi connectivity index (χ3v) is 6.19. The molecule has 0 N–H and O–H groups in total. The number of aromatic nitrogens is 2. The van der Waals surface area contributed by atoms with Crippen molar-refractivity contribution in [2.75, 3.05) is 20.2 Å². The maximum atomic E-state index is 13.1. The molecular formula is C24H25N3O3. The molecule has 1 saturated carbocycles. The third kappa shape index (κ3) is 3.70. The van der Waals surface area contributed by atoms with Crippen LogP contribution in [0.4, 0.5) is 0 Å². The van der Waals surface area contributed by atoms with Crippen molar-refractivity contribution in [2.24, 2.45) is 5.92 Å². The van der Waals surface area contributed by atoms with Crippen molar-refractivity contribution >= 4 is 5.91 Å². The van der Waals surface area contributed by atoms with Crippen LogP contribution in [0.25, 0.3) is 11.4 Å². The first-order valence-corrected chi connectivity index (χ1v) is 10.5. The fourth-order valence-corrected chi connectivity index (χ4v) is 4.43. The highest BCUT2D eigenvalue weighted by atomic mass is 16.5. The van der Waals surface area contributed by atoms with Gasteiger partial charge in [-0.3, -0.25) is 4.79 Å². The summed E-state index contributed by atoms with van der Waals surface area (Å²) < 4.78 is 10.9. The number of amides is 1. The van der Waals surface area contributed by atoms with Gasteiger partial charge in [0.05, 0.1) is 13.0 Å². The minimum atomic E-state index is 0.0866. The Labute approximate surface area is 175 Å². The Bertz CT molecular complexity index is 1030. The molecule has 1 amide bonds. The van der Waals surface area contributed by atoms with Crippen LogP contribution in [0.3, 0.4) is 0 Å². The highest BCUT2D eigenvalue weighted by Gasteiger charge is 2.46. The second kappa shape index (κ2) is 7.94. The smallest absolute Gasteiger partial charge is 0.231 e. The molecule has 1 aromatic heterocycles. The van der Waals surface area contributed by atoms with E-state index in [1.54, 1.807) is 7.11 Å². The Morgan fingerprint density at radius 2 is 2.03 bits per heavy atom. The summed E-state index contributed by atoms with van der Waals surface area (Å²) in [5, 5.41) is 4.16. The van der Waals surface area contributed by atoms with Gasteiger partial charge in [0.2, 0.25) is 17.6 Å². The van der Waals surface area contributed by atoms with Gasteiger partial charge in [0, 0.05) is 24.6 Å². The molecule has 2 fully saturated rings. The lowest BCUT2D eigenvalue weighted by atomic mass is 9.97. The van der Waals surface area contributed by atoms with Crippen LogP contribution < -0.4 is 4.74 Å². The maximum absolute atomic E-state index is 13.1. The number of rotatable bonds is 5. The molecule has 0 bridgehead atoms. The molecule has 1 saturated heterocycles. The van der Waals surface area contributed by atoms with Crippen molar-refractivity contribution in [1.82, 2.24) is 15.0 Å². The van der Waals surface area contributed by atoms with Gasteiger partial charge in [0.15, 0.2) is 0 Å². The molecule has 154 valence electrons. The van der Waals surface area contributed by atoms with Gasteiger partial charge in [0.1, 0.15) is 5.75 Å². The summed E-state index contributed by atoms with van der Waals surface area (Å²) in [6, 6.07) is 18.0. The van der Waals surface area contributed by atoms with Crippen LogP contribution in [0.15, 0.2) is 59.1 Å². The van der Waals surface area contributed by atoms with Gasteiger partial charge in [-0.05, 0) is 42.9 Å². The van der Waals surface area contributed by atoms with Gasteiger partial charge in [-0.15, -0.1) is 0 Å². The number of carbonyl (C=O) groups excluding carboxylic acids is 1. The number of piperidine rings is 1. The van der Waals surface area contributed by atoms with E-state index in [1.807, 2.05) is 47.4 Å². The lowest BCUT2D eigenvalue weighted by Gasteiger charge is -2.31. The van der Waals surface area contributed by atoms with E-state index in [2.05, 4.69) is 22.3 Å². The van der Waals surface area contributed by atoms with E-state index in [4.69, 9.17) is 9.26 Å². The summed E-state index contributed by atoms with van der Waals surface area (Å²) >= 11 is 0. The molecule has 6 heteroatoms. The molecule has 0 spiro atoms. The fourth-order valence-electron chi connectivity index (χ4n) is 4.43. The number of hydrogen-bond acceptors (Lipinski definition) is 5. The van der Waals surface area contributed by atoms with Crippen LogP contribution >= 0.6 is 0 Å². The number of likely N-dealkylation sites (tertiary alicyclic amines) is 1. The number of hydrogen-bond donors (Lipinski definition) is 0. The molecule has 3 atom stereocenters. The zero-order chi connectivity index (χ0) is 20.5. The van der Waals surface area contributed by atoms with Crippen molar-refractivity contribution < 1.29 is 14.1 Å². The quantitative estimate of drug-likeness (QED) is 0.637. The van der Waals surface area contributed by atoms with Crippen LogP contribution in [0, 0.1) is 5.92 Å². The Kier molecular flexibility index (Phi) is 4.99. The van der Waals surface area contributed by atoms with E-state index in [0.29, 0.717) is 24.2 Å². The Hall–Kier alpha value is -3.15. The first-order valence-electron chi connectivity index (χ1n) is 10.5. The highest BCUT2D eigenvalue weighted by molar-refractivity contribution is 5.83. The summed E-state index contributed by atoms with van der Waals surface area (Å²) in [5.74, 6) is 2.75. The standard InChI is InChI=1S/C24H25N3O3/c1-29-19-11-5-9-17(13-19)22-25-23(30-26-22)18-10-6-12-27(15-18)24(28)21-14-20(21)16-7-3-2-4-8-16/h2-5,7-9,11,13,18,20-21H,6,10,12,14-15H2,1H3. The lowest BCUT2D eigenvalue weighted by Crippen LogP contribution is -2.40. The van der Waals surface area contributed by atoms with Crippen LogP contribution in [0.1, 0.15) is 42.6 Å². The van der Waals surface area contributed by atoms with E-state index in [1.165, 1.54) is 5.56 Å². The Morgan fingerprint density at radius 3 is 2.87 bits per heavy atom. The van der Waals surface area contributed by atoms with E-state index >= 15 is 0 Å². The van der Waals surface area contributed by atoms with Gasteiger partial charge in [0.25, 0.3) is 0 Å².